The Morgan fingerprint density at radius 2 is 2.14 bits per heavy atom. The largest absolute Gasteiger partial charge is 0.380 e. The molecule has 6 nitrogen and oxygen atoms in total. The first kappa shape index (κ1) is 12.1. The maximum absolute atomic E-state index is 4.29. The minimum Gasteiger partial charge on any atom is -0.380 e. The fraction of sp³-hybridized carbons (Fsp3) is 0.267. The number of H-pyrrole nitrogens is 1. The Labute approximate surface area is 122 Å². The predicted octanol–water partition coefficient (Wildman–Crippen LogP) is 2.19. The minimum atomic E-state index is 0.396. The summed E-state index contributed by atoms with van der Waals surface area (Å²) in [6, 6.07) is 8.88. The summed E-state index contributed by atoms with van der Waals surface area (Å²) in [5, 5.41) is 6.97. The Balaban J connectivity index is 1.47. The lowest BCUT2D eigenvalue weighted by atomic mass is 9.98. The molecule has 106 valence electrons. The number of hydrogen-bond donors (Lipinski definition) is 3. The van der Waals surface area contributed by atoms with Crippen molar-refractivity contribution in [2.45, 2.75) is 18.9 Å². The number of anilines is 2. The predicted molar refractivity (Wildman–Crippen MR) is 82.3 cm³/mol. The van der Waals surface area contributed by atoms with Crippen LogP contribution in [0.3, 0.4) is 0 Å². The van der Waals surface area contributed by atoms with Crippen LogP contribution in [0.4, 0.5) is 11.5 Å². The lowest BCUT2D eigenvalue weighted by Gasteiger charge is -2.27. The molecule has 4 rings (SSSR count). The molecule has 0 aliphatic carbocycles. The lowest BCUT2D eigenvalue weighted by molar-refractivity contribution is 0.654. The van der Waals surface area contributed by atoms with Gasteiger partial charge in [0.15, 0.2) is 11.5 Å². The molecule has 0 radical (unpaired) electrons. The highest BCUT2D eigenvalue weighted by Crippen LogP contribution is 2.24. The van der Waals surface area contributed by atoms with E-state index in [9.17, 15) is 0 Å². The second-order valence-electron chi connectivity index (χ2n) is 5.24. The van der Waals surface area contributed by atoms with Gasteiger partial charge < -0.3 is 15.6 Å². The standard InChI is InChI=1S/C15H16N6/c1-2-4-12-10(3-1)5-6-11(21-12)7-16-14-13-15(18-8-17-13)20-9-19-14/h1-4,8-9,11,21H,5-7H2,(H2,16,17,18,19,20)/t11-/m1/s1. The van der Waals surface area contributed by atoms with Gasteiger partial charge in [0.1, 0.15) is 11.8 Å². The zero-order valence-corrected chi connectivity index (χ0v) is 11.5. The van der Waals surface area contributed by atoms with Crippen LogP contribution < -0.4 is 10.6 Å². The van der Waals surface area contributed by atoms with Crippen LogP contribution in [0, 0.1) is 0 Å². The fourth-order valence-corrected chi connectivity index (χ4v) is 2.77. The van der Waals surface area contributed by atoms with E-state index in [4.69, 9.17) is 0 Å². The van der Waals surface area contributed by atoms with Crippen molar-refractivity contribution >= 4 is 22.7 Å². The molecule has 0 bridgehead atoms. The Morgan fingerprint density at radius 3 is 3.14 bits per heavy atom. The second-order valence-corrected chi connectivity index (χ2v) is 5.24. The zero-order chi connectivity index (χ0) is 14.1. The van der Waals surface area contributed by atoms with Crippen molar-refractivity contribution < 1.29 is 0 Å². The van der Waals surface area contributed by atoms with Gasteiger partial charge in [0.2, 0.25) is 0 Å². The molecule has 3 N–H and O–H groups in total. The summed E-state index contributed by atoms with van der Waals surface area (Å²) in [7, 11) is 0. The maximum atomic E-state index is 4.29. The summed E-state index contributed by atoms with van der Waals surface area (Å²) < 4.78 is 0. The van der Waals surface area contributed by atoms with Gasteiger partial charge in [-0.1, -0.05) is 18.2 Å². The van der Waals surface area contributed by atoms with E-state index in [0.717, 1.165) is 30.7 Å². The van der Waals surface area contributed by atoms with Gasteiger partial charge in [-0.15, -0.1) is 0 Å². The van der Waals surface area contributed by atoms with Crippen molar-refractivity contribution in [2.24, 2.45) is 0 Å². The average Bonchev–Trinajstić information content (AvgIpc) is 3.02. The Bertz CT molecular complexity index is 765. The van der Waals surface area contributed by atoms with E-state index in [-0.39, 0.29) is 0 Å². The number of rotatable bonds is 3. The van der Waals surface area contributed by atoms with Gasteiger partial charge in [0.25, 0.3) is 0 Å². The maximum Gasteiger partial charge on any atom is 0.182 e. The average molecular weight is 280 g/mol. The van der Waals surface area contributed by atoms with Crippen molar-refractivity contribution in [3.63, 3.8) is 0 Å². The van der Waals surface area contributed by atoms with Gasteiger partial charge in [-0.3, -0.25) is 0 Å². The van der Waals surface area contributed by atoms with Gasteiger partial charge in [-0.05, 0) is 24.5 Å². The van der Waals surface area contributed by atoms with Crippen molar-refractivity contribution in [1.82, 2.24) is 19.9 Å². The number of benzene rings is 1. The molecule has 1 aliphatic rings. The van der Waals surface area contributed by atoms with Crippen LogP contribution >= 0.6 is 0 Å². The molecule has 0 unspecified atom stereocenters. The van der Waals surface area contributed by atoms with Crippen molar-refractivity contribution in [3.05, 3.63) is 42.5 Å². The summed E-state index contributed by atoms with van der Waals surface area (Å²) in [5.41, 5.74) is 4.18. The second kappa shape index (κ2) is 5.05. The van der Waals surface area contributed by atoms with Crippen molar-refractivity contribution in [3.8, 4) is 0 Å². The number of aromatic amines is 1. The van der Waals surface area contributed by atoms with Gasteiger partial charge >= 0.3 is 0 Å². The van der Waals surface area contributed by atoms with Crippen molar-refractivity contribution in [1.29, 1.82) is 0 Å². The van der Waals surface area contributed by atoms with Crippen LogP contribution in [0.1, 0.15) is 12.0 Å². The highest BCUT2D eigenvalue weighted by molar-refractivity contribution is 5.81. The van der Waals surface area contributed by atoms with E-state index in [2.05, 4.69) is 54.8 Å². The molecule has 6 heteroatoms. The van der Waals surface area contributed by atoms with E-state index < -0.39 is 0 Å². The van der Waals surface area contributed by atoms with Crippen LogP contribution in [0.5, 0.6) is 0 Å². The molecule has 1 aliphatic heterocycles. The number of aryl methyl sites for hydroxylation is 1. The van der Waals surface area contributed by atoms with Crippen LogP contribution in [0.2, 0.25) is 0 Å². The van der Waals surface area contributed by atoms with Crippen LogP contribution in [0.25, 0.3) is 11.2 Å². The number of para-hydroxylation sites is 1. The third kappa shape index (κ3) is 2.29. The van der Waals surface area contributed by atoms with E-state index in [1.54, 1.807) is 6.33 Å². The van der Waals surface area contributed by atoms with Gasteiger partial charge in [-0.25, -0.2) is 15.0 Å². The Kier molecular flexibility index (Phi) is 2.92. The highest BCUT2D eigenvalue weighted by atomic mass is 15.1. The molecule has 0 fully saturated rings. The molecule has 1 aromatic carbocycles. The summed E-state index contributed by atoms with van der Waals surface area (Å²) >= 11 is 0. The number of nitrogens with one attached hydrogen (secondary N) is 3. The SMILES string of the molecule is c1ccc2c(c1)CC[C@H](CNc1ncnc3nc[nH]c13)N2. The minimum absolute atomic E-state index is 0.396. The molecule has 0 saturated carbocycles. The van der Waals surface area contributed by atoms with Gasteiger partial charge in [-0.2, -0.15) is 0 Å². The number of hydrogen-bond acceptors (Lipinski definition) is 5. The molecule has 1 atom stereocenters. The normalized spacial score (nSPS) is 17.2. The molecule has 0 amide bonds. The first-order chi connectivity index (χ1) is 10.4. The molecule has 2 aromatic heterocycles. The van der Waals surface area contributed by atoms with Gasteiger partial charge in [0.05, 0.1) is 6.33 Å². The molecule has 3 aromatic rings. The first-order valence-electron chi connectivity index (χ1n) is 7.12. The first-order valence-corrected chi connectivity index (χ1v) is 7.12. The highest BCUT2D eigenvalue weighted by Gasteiger charge is 2.17. The zero-order valence-electron chi connectivity index (χ0n) is 11.5. The number of fused-ring (bicyclic) bond motifs is 2. The topological polar surface area (TPSA) is 78.5 Å². The monoisotopic (exact) mass is 280 g/mol. The molecule has 0 spiro atoms. The molecule has 21 heavy (non-hydrogen) atoms. The summed E-state index contributed by atoms with van der Waals surface area (Å²) in [6.45, 7) is 0.819. The van der Waals surface area contributed by atoms with E-state index in [1.165, 1.54) is 17.6 Å². The third-order valence-corrected chi connectivity index (χ3v) is 3.88. The number of aromatic nitrogens is 4. The summed E-state index contributed by atoms with van der Waals surface area (Å²) in [5.74, 6) is 0.804. The molecular formula is C15H16N6. The third-order valence-electron chi connectivity index (χ3n) is 3.88. The quantitative estimate of drug-likeness (QED) is 0.685. The summed E-state index contributed by atoms with van der Waals surface area (Å²) in [4.78, 5) is 15.6. The number of imidazole rings is 1. The Hall–Kier alpha value is -2.63. The van der Waals surface area contributed by atoms with E-state index in [0.29, 0.717) is 11.7 Å². The van der Waals surface area contributed by atoms with Crippen LogP contribution in [0.15, 0.2) is 36.9 Å². The van der Waals surface area contributed by atoms with Crippen molar-refractivity contribution in [2.75, 3.05) is 17.2 Å². The van der Waals surface area contributed by atoms with E-state index in [1.807, 2.05) is 0 Å². The molecule has 3 heterocycles. The Morgan fingerprint density at radius 1 is 1.19 bits per heavy atom. The molecule has 0 saturated heterocycles. The van der Waals surface area contributed by atoms with Crippen LogP contribution in [-0.4, -0.2) is 32.5 Å². The smallest absolute Gasteiger partial charge is 0.182 e. The summed E-state index contributed by atoms with van der Waals surface area (Å²) in [6.07, 6.45) is 5.40. The molecular weight excluding hydrogens is 264 g/mol. The van der Waals surface area contributed by atoms with Gasteiger partial charge in [0, 0.05) is 18.3 Å². The van der Waals surface area contributed by atoms with E-state index >= 15 is 0 Å². The van der Waals surface area contributed by atoms with Crippen LogP contribution in [-0.2, 0) is 6.42 Å². The number of nitrogens with zero attached hydrogens (tertiary/aromatic N) is 3. The lowest BCUT2D eigenvalue weighted by Crippen LogP contribution is -2.32. The fourth-order valence-electron chi connectivity index (χ4n) is 2.77.